The number of ether oxygens (including phenoxy) is 1. The molecule has 0 fully saturated rings. The maximum absolute atomic E-state index is 6.10. The summed E-state index contributed by atoms with van der Waals surface area (Å²) in [5.74, 6) is 0. The van der Waals surface area contributed by atoms with Crippen LogP contribution in [0.4, 0.5) is 11.4 Å². The number of nitrogen functional groups attached to an aromatic ring is 1. The van der Waals surface area contributed by atoms with Gasteiger partial charge in [0.05, 0.1) is 29.1 Å². The Bertz CT molecular complexity index is 322. The highest BCUT2D eigenvalue weighted by Gasteiger charge is 2.09. The lowest BCUT2D eigenvalue weighted by atomic mass is 10.2. The number of benzene rings is 1. The molecule has 0 amide bonds. The van der Waals surface area contributed by atoms with Gasteiger partial charge in [-0.05, 0) is 26.0 Å². The molecule has 0 saturated carbocycles. The second-order valence-electron chi connectivity index (χ2n) is 4.02. The summed E-state index contributed by atoms with van der Waals surface area (Å²) in [6.07, 6.45) is 0.247. The average Bonchev–Trinajstić information content (AvgIpc) is 2.16. The number of likely N-dealkylation sites (N-methyl/N-ethyl adjacent to an activating group) is 1. The summed E-state index contributed by atoms with van der Waals surface area (Å²) >= 11 is 6.10. The fourth-order valence-electron chi connectivity index (χ4n) is 1.47. The van der Waals surface area contributed by atoms with Crippen LogP contribution < -0.4 is 10.6 Å². The van der Waals surface area contributed by atoms with Gasteiger partial charge in [0.15, 0.2) is 0 Å². The molecule has 0 aliphatic heterocycles. The van der Waals surface area contributed by atoms with E-state index in [9.17, 15) is 0 Å². The van der Waals surface area contributed by atoms with Gasteiger partial charge in [0.1, 0.15) is 0 Å². The summed E-state index contributed by atoms with van der Waals surface area (Å²) in [5.41, 5.74) is 7.45. The molecule has 1 aromatic rings. The Morgan fingerprint density at radius 2 is 2.12 bits per heavy atom. The summed E-state index contributed by atoms with van der Waals surface area (Å²) in [4.78, 5) is 2.01. The summed E-state index contributed by atoms with van der Waals surface area (Å²) in [5, 5.41) is 0.673. The van der Waals surface area contributed by atoms with Crippen LogP contribution in [0.3, 0.4) is 0 Å². The van der Waals surface area contributed by atoms with Crippen LogP contribution in [0.15, 0.2) is 18.2 Å². The van der Waals surface area contributed by atoms with Crippen molar-refractivity contribution in [1.82, 2.24) is 0 Å². The second kappa shape index (κ2) is 5.97. The number of halogens is 1. The maximum Gasteiger partial charge on any atom is 0.0787 e. The predicted octanol–water partition coefficient (Wildman–Crippen LogP) is 2.78. The van der Waals surface area contributed by atoms with E-state index < -0.39 is 0 Å². The number of hydrogen-bond acceptors (Lipinski definition) is 3. The molecule has 0 bridgehead atoms. The molecule has 0 heterocycles. The first-order valence-electron chi connectivity index (χ1n) is 5.39. The number of anilines is 2. The highest BCUT2D eigenvalue weighted by molar-refractivity contribution is 6.33. The minimum atomic E-state index is 0.247. The third-order valence-electron chi connectivity index (χ3n) is 2.28. The number of hydrogen-bond donors (Lipinski definition) is 1. The van der Waals surface area contributed by atoms with Gasteiger partial charge in [-0.3, -0.25) is 0 Å². The zero-order chi connectivity index (χ0) is 12.1. The van der Waals surface area contributed by atoms with Gasteiger partial charge >= 0.3 is 0 Å². The van der Waals surface area contributed by atoms with E-state index in [2.05, 4.69) is 0 Å². The highest BCUT2D eigenvalue weighted by atomic mass is 35.5. The molecule has 0 unspecified atom stereocenters. The fourth-order valence-corrected chi connectivity index (χ4v) is 1.80. The number of rotatable bonds is 5. The number of nitrogens with two attached hydrogens (primary N) is 1. The quantitative estimate of drug-likeness (QED) is 0.807. The summed E-state index contributed by atoms with van der Waals surface area (Å²) < 4.78 is 5.49. The predicted molar refractivity (Wildman–Crippen MR) is 70.2 cm³/mol. The molecule has 0 saturated heterocycles. The van der Waals surface area contributed by atoms with Crippen LogP contribution in [-0.4, -0.2) is 26.3 Å². The lowest BCUT2D eigenvalue weighted by Crippen LogP contribution is -2.25. The van der Waals surface area contributed by atoms with Crippen LogP contribution in [-0.2, 0) is 4.74 Å². The molecule has 4 heteroatoms. The molecule has 0 aromatic heterocycles. The van der Waals surface area contributed by atoms with E-state index >= 15 is 0 Å². The molecule has 1 aromatic carbocycles. The van der Waals surface area contributed by atoms with Gasteiger partial charge in [0.2, 0.25) is 0 Å². The van der Waals surface area contributed by atoms with E-state index in [0.717, 1.165) is 12.2 Å². The van der Waals surface area contributed by atoms with E-state index in [0.29, 0.717) is 17.3 Å². The standard InChI is InChI=1S/C12H19ClN2O/c1-9(2)16-8-7-15(3)12-10(13)5-4-6-11(12)14/h4-6,9H,7-8,14H2,1-3H3. The first-order chi connectivity index (χ1) is 7.52. The minimum Gasteiger partial charge on any atom is -0.397 e. The van der Waals surface area contributed by atoms with Gasteiger partial charge in [-0.25, -0.2) is 0 Å². The van der Waals surface area contributed by atoms with Crippen LogP contribution in [0.2, 0.25) is 5.02 Å². The van der Waals surface area contributed by atoms with Crippen molar-refractivity contribution in [3.05, 3.63) is 23.2 Å². The Balaban J connectivity index is 2.62. The Morgan fingerprint density at radius 3 is 2.69 bits per heavy atom. The molecule has 0 aliphatic rings. The molecule has 0 atom stereocenters. The first-order valence-corrected chi connectivity index (χ1v) is 5.77. The van der Waals surface area contributed by atoms with Crippen LogP contribution in [0.5, 0.6) is 0 Å². The highest BCUT2D eigenvalue weighted by Crippen LogP contribution is 2.30. The second-order valence-corrected chi connectivity index (χ2v) is 4.43. The largest absolute Gasteiger partial charge is 0.397 e. The molecule has 0 radical (unpaired) electrons. The van der Waals surface area contributed by atoms with Gasteiger partial charge in [0, 0.05) is 13.6 Å². The zero-order valence-corrected chi connectivity index (χ0v) is 10.8. The molecule has 16 heavy (non-hydrogen) atoms. The Kier molecular flexibility index (Phi) is 4.90. The Hall–Kier alpha value is -0.930. The van der Waals surface area contributed by atoms with Crippen molar-refractivity contribution in [2.75, 3.05) is 30.8 Å². The lowest BCUT2D eigenvalue weighted by Gasteiger charge is -2.22. The van der Waals surface area contributed by atoms with Crippen molar-refractivity contribution in [2.24, 2.45) is 0 Å². The lowest BCUT2D eigenvalue weighted by molar-refractivity contribution is 0.0846. The Labute approximate surface area is 102 Å². The van der Waals surface area contributed by atoms with E-state index in [4.69, 9.17) is 22.1 Å². The summed E-state index contributed by atoms with van der Waals surface area (Å²) in [6, 6.07) is 5.54. The summed E-state index contributed by atoms with van der Waals surface area (Å²) in [7, 11) is 1.96. The van der Waals surface area contributed by atoms with E-state index in [1.54, 1.807) is 0 Å². The van der Waals surface area contributed by atoms with Gasteiger partial charge in [-0.15, -0.1) is 0 Å². The normalized spacial score (nSPS) is 10.8. The van der Waals surface area contributed by atoms with Crippen molar-refractivity contribution in [2.45, 2.75) is 20.0 Å². The topological polar surface area (TPSA) is 38.5 Å². The molecular formula is C12H19ClN2O. The minimum absolute atomic E-state index is 0.247. The van der Waals surface area contributed by atoms with E-state index in [-0.39, 0.29) is 6.10 Å². The third kappa shape index (κ3) is 3.58. The average molecular weight is 243 g/mol. The van der Waals surface area contributed by atoms with Crippen molar-refractivity contribution in [3.8, 4) is 0 Å². The van der Waals surface area contributed by atoms with Gasteiger partial charge in [-0.1, -0.05) is 17.7 Å². The molecule has 2 N–H and O–H groups in total. The molecule has 3 nitrogen and oxygen atoms in total. The first kappa shape index (κ1) is 13.1. The van der Waals surface area contributed by atoms with Crippen LogP contribution in [0, 0.1) is 0 Å². The van der Waals surface area contributed by atoms with Crippen molar-refractivity contribution >= 4 is 23.0 Å². The summed E-state index contributed by atoms with van der Waals surface area (Å²) in [6.45, 7) is 5.47. The van der Waals surface area contributed by atoms with Crippen LogP contribution in [0.25, 0.3) is 0 Å². The monoisotopic (exact) mass is 242 g/mol. The molecule has 90 valence electrons. The van der Waals surface area contributed by atoms with Crippen molar-refractivity contribution in [3.63, 3.8) is 0 Å². The number of nitrogens with zero attached hydrogens (tertiary/aromatic N) is 1. The van der Waals surface area contributed by atoms with Gasteiger partial charge < -0.3 is 15.4 Å². The van der Waals surface area contributed by atoms with Crippen LogP contribution in [0.1, 0.15) is 13.8 Å². The van der Waals surface area contributed by atoms with Gasteiger partial charge in [-0.2, -0.15) is 0 Å². The maximum atomic E-state index is 6.10. The Morgan fingerprint density at radius 1 is 1.44 bits per heavy atom. The van der Waals surface area contributed by atoms with Crippen molar-refractivity contribution in [1.29, 1.82) is 0 Å². The van der Waals surface area contributed by atoms with Crippen LogP contribution >= 0.6 is 11.6 Å². The third-order valence-corrected chi connectivity index (χ3v) is 2.58. The van der Waals surface area contributed by atoms with E-state index in [1.165, 1.54) is 0 Å². The SMILES string of the molecule is CC(C)OCCN(C)c1c(N)cccc1Cl. The fraction of sp³-hybridized carbons (Fsp3) is 0.500. The van der Waals surface area contributed by atoms with E-state index in [1.807, 2.05) is 44.0 Å². The van der Waals surface area contributed by atoms with Gasteiger partial charge in [0.25, 0.3) is 0 Å². The smallest absolute Gasteiger partial charge is 0.0787 e. The zero-order valence-electron chi connectivity index (χ0n) is 10.0. The molecule has 1 rings (SSSR count). The number of para-hydroxylation sites is 1. The molecular weight excluding hydrogens is 224 g/mol. The van der Waals surface area contributed by atoms with Crippen molar-refractivity contribution < 1.29 is 4.74 Å². The molecule has 0 spiro atoms. The molecule has 0 aliphatic carbocycles.